The average molecular weight is 356 g/mol. The summed E-state index contributed by atoms with van der Waals surface area (Å²) < 4.78 is 4.50. The predicted octanol–water partition coefficient (Wildman–Crippen LogP) is 0.949. The number of esters is 1. The summed E-state index contributed by atoms with van der Waals surface area (Å²) in [5.41, 5.74) is 1.13. The van der Waals surface area contributed by atoms with Gasteiger partial charge < -0.3 is 20.7 Å². The summed E-state index contributed by atoms with van der Waals surface area (Å²) >= 11 is 0. The minimum atomic E-state index is -0.371. The summed E-state index contributed by atoms with van der Waals surface area (Å²) in [4.78, 5) is 34.9. The molecule has 1 aliphatic heterocycles. The highest BCUT2D eigenvalue weighted by molar-refractivity contribution is 5.96. The summed E-state index contributed by atoms with van der Waals surface area (Å²) in [5, 5.41) is 8.63. The van der Waals surface area contributed by atoms with Crippen molar-refractivity contribution >= 4 is 35.9 Å². The molecule has 0 bridgehead atoms. The molecule has 0 aliphatic carbocycles. The van der Waals surface area contributed by atoms with Crippen LogP contribution in [0.3, 0.4) is 0 Å². The SMILES string of the molecule is COC(=O)CCNC(=O)c1ccc(NC(=O)C2CCNC2)cc1.Cl. The highest BCUT2D eigenvalue weighted by Gasteiger charge is 2.22. The summed E-state index contributed by atoms with van der Waals surface area (Å²) in [6.07, 6.45) is 0.971. The molecular weight excluding hydrogens is 334 g/mol. The second-order valence-electron chi connectivity index (χ2n) is 5.34. The number of carbonyl (C=O) groups is 3. The second-order valence-corrected chi connectivity index (χ2v) is 5.34. The molecule has 1 saturated heterocycles. The fraction of sp³-hybridized carbons (Fsp3) is 0.438. The van der Waals surface area contributed by atoms with E-state index in [4.69, 9.17) is 0 Å². The first-order chi connectivity index (χ1) is 11.1. The average Bonchev–Trinajstić information content (AvgIpc) is 3.09. The Labute approximate surface area is 146 Å². The van der Waals surface area contributed by atoms with Gasteiger partial charge >= 0.3 is 5.97 Å². The summed E-state index contributed by atoms with van der Waals surface area (Å²) in [5.74, 6) is -0.655. The van der Waals surface area contributed by atoms with E-state index in [9.17, 15) is 14.4 Å². The van der Waals surface area contributed by atoms with Crippen molar-refractivity contribution in [2.75, 3.05) is 32.1 Å². The van der Waals surface area contributed by atoms with Gasteiger partial charge in [0.05, 0.1) is 19.4 Å². The van der Waals surface area contributed by atoms with Gasteiger partial charge in [-0.3, -0.25) is 14.4 Å². The minimum absolute atomic E-state index is 0. The lowest BCUT2D eigenvalue weighted by molar-refractivity contribution is -0.140. The second kappa shape index (κ2) is 9.89. The van der Waals surface area contributed by atoms with Crippen LogP contribution in [0.4, 0.5) is 5.69 Å². The zero-order valence-electron chi connectivity index (χ0n) is 13.5. The van der Waals surface area contributed by atoms with Crippen molar-refractivity contribution < 1.29 is 19.1 Å². The van der Waals surface area contributed by atoms with Crippen molar-refractivity contribution in [3.63, 3.8) is 0 Å². The zero-order valence-corrected chi connectivity index (χ0v) is 14.3. The monoisotopic (exact) mass is 355 g/mol. The van der Waals surface area contributed by atoms with E-state index in [2.05, 4.69) is 20.7 Å². The van der Waals surface area contributed by atoms with Crippen molar-refractivity contribution in [2.24, 2.45) is 5.92 Å². The molecular formula is C16H22ClN3O4. The number of methoxy groups -OCH3 is 1. The predicted molar refractivity (Wildman–Crippen MR) is 92.3 cm³/mol. The van der Waals surface area contributed by atoms with Crippen molar-refractivity contribution in [2.45, 2.75) is 12.8 Å². The van der Waals surface area contributed by atoms with Gasteiger partial charge in [-0.25, -0.2) is 0 Å². The molecule has 1 aromatic carbocycles. The third-order valence-electron chi connectivity index (χ3n) is 3.69. The Morgan fingerprint density at radius 2 is 1.96 bits per heavy atom. The molecule has 1 fully saturated rings. The van der Waals surface area contributed by atoms with Gasteiger partial charge in [-0.1, -0.05) is 0 Å². The third-order valence-corrected chi connectivity index (χ3v) is 3.69. The molecule has 1 heterocycles. The van der Waals surface area contributed by atoms with Gasteiger partial charge in [0.1, 0.15) is 0 Å². The lowest BCUT2D eigenvalue weighted by atomic mass is 10.1. The first-order valence-electron chi connectivity index (χ1n) is 7.57. The van der Waals surface area contributed by atoms with E-state index in [-0.39, 0.29) is 49.1 Å². The molecule has 7 nitrogen and oxygen atoms in total. The standard InChI is InChI=1S/C16H21N3O4.ClH/c1-23-14(20)7-9-18-15(21)11-2-4-13(5-3-11)19-16(22)12-6-8-17-10-12;/h2-5,12,17H,6-10H2,1H3,(H,18,21)(H,19,22);1H. The fourth-order valence-corrected chi connectivity index (χ4v) is 2.31. The Morgan fingerprint density at radius 1 is 1.25 bits per heavy atom. The number of carbonyl (C=O) groups excluding carboxylic acids is 3. The zero-order chi connectivity index (χ0) is 16.7. The molecule has 0 aromatic heterocycles. The number of hydrogen-bond donors (Lipinski definition) is 3. The number of amides is 2. The summed E-state index contributed by atoms with van der Waals surface area (Å²) in [6.45, 7) is 1.79. The molecule has 2 amide bonds. The van der Waals surface area contributed by atoms with E-state index in [1.165, 1.54) is 7.11 Å². The van der Waals surface area contributed by atoms with Gasteiger partial charge in [0.2, 0.25) is 5.91 Å². The number of nitrogens with one attached hydrogen (secondary N) is 3. The Bertz CT molecular complexity index is 571. The summed E-state index contributed by atoms with van der Waals surface area (Å²) in [7, 11) is 1.30. The van der Waals surface area contributed by atoms with E-state index in [0.29, 0.717) is 17.8 Å². The van der Waals surface area contributed by atoms with Gasteiger partial charge in [0.15, 0.2) is 0 Å². The number of ether oxygens (including phenoxy) is 1. The number of hydrogen-bond acceptors (Lipinski definition) is 5. The topological polar surface area (TPSA) is 96.5 Å². The largest absolute Gasteiger partial charge is 0.469 e. The molecule has 0 spiro atoms. The molecule has 24 heavy (non-hydrogen) atoms. The van der Waals surface area contributed by atoms with Gasteiger partial charge in [0, 0.05) is 24.3 Å². The molecule has 8 heteroatoms. The van der Waals surface area contributed by atoms with Crippen LogP contribution in [0.1, 0.15) is 23.2 Å². The molecule has 132 valence electrons. The number of anilines is 1. The van der Waals surface area contributed by atoms with Crippen LogP contribution >= 0.6 is 12.4 Å². The van der Waals surface area contributed by atoms with E-state index >= 15 is 0 Å². The van der Waals surface area contributed by atoms with Crippen LogP contribution in [-0.2, 0) is 14.3 Å². The maximum Gasteiger partial charge on any atom is 0.307 e. The minimum Gasteiger partial charge on any atom is -0.469 e. The summed E-state index contributed by atoms with van der Waals surface area (Å²) in [6, 6.07) is 6.65. The Hall–Kier alpha value is -2.12. The van der Waals surface area contributed by atoms with E-state index in [1.54, 1.807) is 24.3 Å². The first kappa shape index (κ1) is 19.9. The highest BCUT2D eigenvalue weighted by Crippen LogP contribution is 2.14. The van der Waals surface area contributed by atoms with E-state index in [1.807, 2.05) is 0 Å². The van der Waals surface area contributed by atoms with Crippen LogP contribution in [0, 0.1) is 5.92 Å². The molecule has 2 rings (SSSR count). The third kappa shape index (κ3) is 5.82. The van der Waals surface area contributed by atoms with Crippen LogP contribution in [0.5, 0.6) is 0 Å². The molecule has 3 N–H and O–H groups in total. The lowest BCUT2D eigenvalue weighted by Gasteiger charge is -2.10. The normalized spacial score (nSPS) is 16.0. The molecule has 1 aromatic rings. The maximum absolute atomic E-state index is 12.0. The van der Waals surface area contributed by atoms with Crippen LogP contribution in [0.15, 0.2) is 24.3 Å². The quantitative estimate of drug-likeness (QED) is 0.660. The molecule has 0 saturated carbocycles. The molecule has 1 atom stereocenters. The van der Waals surface area contributed by atoms with Crippen LogP contribution < -0.4 is 16.0 Å². The fourth-order valence-electron chi connectivity index (χ4n) is 2.31. The first-order valence-corrected chi connectivity index (χ1v) is 7.57. The van der Waals surface area contributed by atoms with Crippen molar-refractivity contribution in [3.05, 3.63) is 29.8 Å². The Kier molecular flexibility index (Phi) is 8.21. The number of benzene rings is 1. The maximum atomic E-state index is 12.0. The Balaban J connectivity index is 0.00000288. The molecule has 1 unspecified atom stereocenters. The van der Waals surface area contributed by atoms with Crippen molar-refractivity contribution in [1.29, 1.82) is 0 Å². The molecule has 1 aliphatic rings. The van der Waals surface area contributed by atoms with Gasteiger partial charge in [-0.2, -0.15) is 0 Å². The Morgan fingerprint density at radius 3 is 2.54 bits per heavy atom. The van der Waals surface area contributed by atoms with Crippen LogP contribution in [0.2, 0.25) is 0 Å². The lowest BCUT2D eigenvalue weighted by Crippen LogP contribution is -2.26. The van der Waals surface area contributed by atoms with Crippen LogP contribution in [-0.4, -0.2) is 44.5 Å². The van der Waals surface area contributed by atoms with E-state index < -0.39 is 0 Å². The van der Waals surface area contributed by atoms with E-state index in [0.717, 1.165) is 13.0 Å². The van der Waals surface area contributed by atoms with Crippen molar-refractivity contribution in [3.8, 4) is 0 Å². The highest BCUT2D eigenvalue weighted by atomic mass is 35.5. The smallest absolute Gasteiger partial charge is 0.307 e. The number of rotatable bonds is 6. The number of halogens is 1. The van der Waals surface area contributed by atoms with Gasteiger partial charge in [-0.05, 0) is 37.2 Å². The van der Waals surface area contributed by atoms with Gasteiger partial charge in [0.25, 0.3) is 5.91 Å². The van der Waals surface area contributed by atoms with Crippen molar-refractivity contribution in [1.82, 2.24) is 10.6 Å². The molecule has 0 radical (unpaired) electrons. The van der Waals surface area contributed by atoms with Gasteiger partial charge in [-0.15, -0.1) is 12.4 Å². The van der Waals surface area contributed by atoms with Crippen LogP contribution in [0.25, 0.3) is 0 Å².